The number of hydrogen-bond donors (Lipinski definition) is 1. The quantitative estimate of drug-likeness (QED) is 0.889. The van der Waals surface area contributed by atoms with Gasteiger partial charge in [-0.25, -0.2) is 0 Å². The molecule has 5 heteroatoms. The number of likely N-dealkylation sites (tertiary alicyclic amines) is 1. The smallest absolute Gasteiger partial charge is 0.226 e. The van der Waals surface area contributed by atoms with Gasteiger partial charge in [0.25, 0.3) is 0 Å². The highest BCUT2D eigenvalue weighted by atomic mass is 16.5. The van der Waals surface area contributed by atoms with Crippen LogP contribution in [0.15, 0.2) is 18.2 Å². The summed E-state index contributed by atoms with van der Waals surface area (Å²) in [5.74, 6) is 1.01. The van der Waals surface area contributed by atoms with Crippen LogP contribution in [0.2, 0.25) is 0 Å². The van der Waals surface area contributed by atoms with Crippen molar-refractivity contribution in [1.82, 2.24) is 4.90 Å². The Morgan fingerprint density at radius 1 is 1.36 bits per heavy atom. The molecule has 0 aliphatic carbocycles. The number of aryl methyl sites for hydroxylation is 1. The molecule has 138 valence electrons. The molecule has 2 fully saturated rings. The van der Waals surface area contributed by atoms with Gasteiger partial charge in [-0.3, -0.25) is 4.79 Å². The van der Waals surface area contributed by atoms with E-state index in [0.717, 1.165) is 30.7 Å². The molecule has 0 bridgehead atoms. The Hall–Kier alpha value is -1.59. The molecule has 1 N–H and O–H groups in total. The second-order valence-corrected chi connectivity index (χ2v) is 7.19. The Balaban J connectivity index is 1.54. The van der Waals surface area contributed by atoms with Crippen LogP contribution in [0.5, 0.6) is 5.75 Å². The summed E-state index contributed by atoms with van der Waals surface area (Å²) >= 11 is 0. The number of rotatable bonds is 5. The van der Waals surface area contributed by atoms with E-state index < -0.39 is 0 Å². The van der Waals surface area contributed by atoms with Gasteiger partial charge in [0.1, 0.15) is 5.75 Å². The second kappa shape index (κ2) is 8.19. The fourth-order valence-electron chi connectivity index (χ4n) is 3.94. The summed E-state index contributed by atoms with van der Waals surface area (Å²) in [5, 5.41) is 10.3. The summed E-state index contributed by atoms with van der Waals surface area (Å²) in [6, 6.07) is 6.07. The predicted molar refractivity (Wildman–Crippen MR) is 95.7 cm³/mol. The molecule has 2 heterocycles. The Morgan fingerprint density at radius 3 is 3.00 bits per heavy atom. The number of ether oxygens (including phenoxy) is 2. The Labute approximate surface area is 149 Å². The summed E-state index contributed by atoms with van der Waals surface area (Å²) < 4.78 is 11.4. The normalized spacial score (nSPS) is 26.7. The van der Waals surface area contributed by atoms with Gasteiger partial charge in [-0.15, -0.1) is 0 Å². The standard InChI is InChI=1S/C20H29NO4/c1-14-5-3-7-19(15(14)2)25-12-9-20(23)21-10-4-6-17(21)16-13-24-11-8-18(16)22/h3,5,7,16-18,22H,4,6,8-13H2,1-2H3/t16-,17-,18-/m1/s1. The fourth-order valence-corrected chi connectivity index (χ4v) is 3.94. The van der Waals surface area contributed by atoms with E-state index >= 15 is 0 Å². The summed E-state index contributed by atoms with van der Waals surface area (Å²) in [5.41, 5.74) is 2.31. The maximum Gasteiger partial charge on any atom is 0.226 e. The zero-order valence-corrected chi connectivity index (χ0v) is 15.2. The number of amides is 1. The minimum absolute atomic E-state index is 0.0418. The van der Waals surface area contributed by atoms with Crippen molar-refractivity contribution in [3.63, 3.8) is 0 Å². The maximum atomic E-state index is 12.7. The molecule has 25 heavy (non-hydrogen) atoms. The monoisotopic (exact) mass is 347 g/mol. The van der Waals surface area contributed by atoms with Gasteiger partial charge in [-0.2, -0.15) is 0 Å². The summed E-state index contributed by atoms with van der Waals surface area (Å²) in [6.45, 7) is 6.41. The largest absolute Gasteiger partial charge is 0.493 e. The van der Waals surface area contributed by atoms with Crippen LogP contribution >= 0.6 is 0 Å². The fraction of sp³-hybridized carbons (Fsp3) is 0.650. The van der Waals surface area contributed by atoms with E-state index in [1.54, 1.807) is 0 Å². The van der Waals surface area contributed by atoms with E-state index in [1.165, 1.54) is 5.56 Å². The maximum absolute atomic E-state index is 12.7. The van der Waals surface area contributed by atoms with Gasteiger partial charge in [-0.05, 0) is 50.3 Å². The third-order valence-electron chi connectivity index (χ3n) is 5.60. The average molecular weight is 347 g/mol. The SMILES string of the molecule is Cc1cccc(OCCC(=O)N2CCC[C@@H]2[C@H]2COCC[C@H]2O)c1C. The lowest BCUT2D eigenvalue weighted by Gasteiger charge is -2.37. The number of carbonyl (C=O) groups excluding carboxylic acids is 1. The molecule has 0 saturated carbocycles. The minimum atomic E-state index is -0.363. The van der Waals surface area contributed by atoms with Crippen molar-refractivity contribution in [3.05, 3.63) is 29.3 Å². The highest BCUT2D eigenvalue weighted by Crippen LogP contribution is 2.30. The number of aliphatic hydroxyl groups is 1. The zero-order chi connectivity index (χ0) is 17.8. The van der Waals surface area contributed by atoms with Crippen LogP contribution in [0.3, 0.4) is 0 Å². The van der Waals surface area contributed by atoms with Gasteiger partial charge in [0, 0.05) is 25.1 Å². The molecule has 5 nitrogen and oxygen atoms in total. The zero-order valence-electron chi connectivity index (χ0n) is 15.2. The number of benzene rings is 1. The van der Waals surface area contributed by atoms with Crippen LogP contribution in [0.4, 0.5) is 0 Å². The van der Waals surface area contributed by atoms with E-state index in [2.05, 4.69) is 13.0 Å². The molecular formula is C20H29NO4. The van der Waals surface area contributed by atoms with E-state index in [4.69, 9.17) is 9.47 Å². The van der Waals surface area contributed by atoms with Crippen LogP contribution in [0.25, 0.3) is 0 Å². The molecule has 2 aliphatic rings. The average Bonchev–Trinajstić information content (AvgIpc) is 3.08. The first-order valence-electron chi connectivity index (χ1n) is 9.32. The summed E-state index contributed by atoms with van der Waals surface area (Å²) in [4.78, 5) is 14.6. The lowest BCUT2D eigenvalue weighted by Crippen LogP contribution is -2.48. The van der Waals surface area contributed by atoms with Crippen molar-refractivity contribution in [2.24, 2.45) is 5.92 Å². The molecule has 0 radical (unpaired) electrons. The molecule has 1 amide bonds. The first-order valence-corrected chi connectivity index (χ1v) is 9.32. The van der Waals surface area contributed by atoms with Crippen molar-refractivity contribution < 1.29 is 19.4 Å². The lowest BCUT2D eigenvalue weighted by atomic mass is 9.89. The van der Waals surface area contributed by atoms with Gasteiger partial charge >= 0.3 is 0 Å². The van der Waals surface area contributed by atoms with Crippen LogP contribution in [0.1, 0.15) is 36.8 Å². The topological polar surface area (TPSA) is 59.0 Å². The minimum Gasteiger partial charge on any atom is -0.493 e. The molecule has 3 rings (SSSR count). The van der Waals surface area contributed by atoms with E-state index in [-0.39, 0.29) is 24.0 Å². The van der Waals surface area contributed by atoms with Crippen molar-refractivity contribution in [2.45, 2.75) is 51.7 Å². The van der Waals surface area contributed by atoms with Crippen LogP contribution in [0, 0.1) is 19.8 Å². The van der Waals surface area contributed by atoms with Gasteiger partial charge in [0.05, 0.1) is 25.7 Å². The molecule has 0 unspecified atom stereocenters. The Morgan fingerprint density at radius 2 is 2.20 bits per heavy atom. The molecule has 2 aliphatic heterocycles. The lowest BCUT2D eigenvalue weighted by molar-refractivity contribution is -0.136. The molecule has 0 spiro atoms. The van der Waals surface area contributed by atoms with Crippen molar-refractivity contribution in [1.29, 1.82) is 0 Å². The highest BCUT2D eigenvalue weighted by Gasteiger charge is 2.39. The van der Waals surface area contributed by atoms with Gasteiger partial charge < -0.3 is 19.5 Å². The second-order valence-electron chi connectivity index (χ2n) is 7.19. The molecular weight excluding hydrogens is 318 g/mol. The van der Waals surface area contributed by atoms with Crippen molar-refractivity contribution >= 4 is 5.91 Å². The third-order valence-corrected chi connectivity index (χ3v) is 5.60. The summed E-state index contributed by atoms with van der Waals surface area (Å²) in [7, 11) is 0. The van der Waals surface area contributed by atoms with Gasteiger partial charge in [0.15, 0.2) is 0 Å². The number of aliphatic hydroxyl groups excluding tert-OH is 1. The molecule has 1 aromatic carbocycles. The third kappa shape index (κ3) is 4.15. The van der Waals surface area contributed by atoms with Crippen LogP contribution in [-0.2, 0) is 9.53 Å². The predicted octanol–water partition coefficient (Wildman–Crippen LogP) is 2.46. The number of carbonyl (C=O) groups is 1. The molecule has 0 aromatic heterocycles. The van der Waals surface area contributed by atoms with E-state index in [9.17, 15) is 9.90 Å². The van der Waals surface area contributed by atoms with Crippen molar-refractivity contribution in [2.75, 3.05) is 26.4 Å². The molecule has 2 saturated heterocycles. The van der Waals surface area contributed by atoms with Crippen molar-refractivity contribution in [3.8, 4) is 5.75 Å². The van der Waals surface area contributed by atoms with E-state index in [0.29, 0.717) is 32.7 Å². The number of hydrogen-bond acceptors (Lipinski definition) is 4. The first-order chi connectivity index (χ1) is 12.1. The van der Waals surface area contributed by atoms with E-state index in [1.807, 2.05) is 24.0 Å². The van der Waals surface area contributed by atoms with Crippen LogP contribution < -0.4 is 4.74 Å². The molecule has 1 aromatic rings. The highest BCUT2D eigenvalue weighted by molar-refractivity contribution is 5.77. The molecule has 3 atom stereocenters. The first kappa shape index (κ1) is 18.2. The van der Waals surface area contributed by atoms with Gasteiger partial charge in [0.2, 0.25) is 5.91 Å². The van der Waals surface area contributed by atoms with Gasteiger partial charge in [-0.1, -0.05) is 12.1 Å². The Kier molecular flexibility index (Phi) is 5.97. The van der Waals surface area contributed by atoms with Crippen LogP contribution in [-0.4, -0.2) is 54.4 Å². The number of nitrogens with zero attached hydrogens (tertiary/aromatic N) is 1. The summed E-state index contributed by atoms with van der Waals surface area (Å²) in [6.07, 6.45) is 2.62. The Bertz CT molecular complexity index is 603.